The average Bonchev–Trinajstić information content (AvgIpc) is 2.80. The quantitative estimate of drug-likeness (QED) is 0.915. The van der Waals surface area contributed by atoms with E-state index in [0.717, 1.165) is 19.1 Å². The van der Waals surface area contributed by atoms with Gasteiger partial charge in [-0.3, -0.25) is 4.90 Å². The molecule has 3 rings (SSSR count). The molecular weight excluding hydrogens is 264 g/mol. The molecule has 2 nitrogen and oxygen atoms in total. The van der Waals surface area contributed by atoms with Gasteiger partial charge in [0.05, 0.1) is 0 Å². The number of rotatable bonds is 4. The molecule has 2 heterocycles. The SMILES string of the molecule is CNCc1sc2ccccc2c1CN1CCCCC1C. The third-order valence-electron chi connectivity index (χ3n) is 4.42. The Kier molecular flexibility index (Phi) is 4.39. The average molecular weight is 288 g/mol. The molecule has 1 atom stereocenters. The van der Waals surface area contributed by atoms with E-state index in [1.54, 1.807) is 5.56 Å². The Morgan fingerprint density at radius 1 is 1.30 bits per heavy atom. The summed E-state index contributed by atoms with van der Waals surface area (Å²) in [6, 6.07) is 9.58. The van der Waals surface area contributed by atoms with Crippen molar-refractivity contribution in [2.75, 3.05) is 13.6 Å². The lowest BCUT2D eigenvalue weighted by molar-refractivity contribution is 0.153. The number of nitrogens with one attached hydrogen (secondary N) is 1. The number of thiophene rings is 1. The molecule has 1 aromatic heterocycles. The van der Waals surface area contributed by atoms with Crippen LogP contribution in [0.1, 0.15) is 36.6 Å². The number of nitrogens with zero attached hydrogens (tertiary/aromatic N) is 1. The molecule has 0 aliphatic carbocycles. The third kappa shape index (κ3) is 2.76. The highest BCUT2D eigenvalue weighted by Crippen LogP contribution is 2.33. The van der Waals surface area contributed by atoms with Crippen LogP contribution in [0.25, 0.3) is 10.1 Å². The topological polar surface area (TPSA) is 15.3 Å². The maximum atomic E-state index is 3.33. The van der Waals surface area contributed by atoms with Gasteiger partial charge in [-0.2, -0.15) is 0 Å². The van der Waals surface area contributed by atoms with Gasteiger partial charge < -0.3 is 5.32 Å². The van der Waals surface area contributed by atoms with Crippen molar-refractivity contribution in [2.24, 2.45) is 0 Å². The number of benzene rings is 1. The molecule has 0 saturated carbocycles. The minimum absolute atomic E-state index is 0.727. The van der Waals surface area contributed by atoms with E-state index in [1.807, 2.05) is 18.4 Å². The van der Waals surface area contributed by atoms with E-state index in [0.29, 0.717) is 0 Å². The Bertz CT molecular complexity index is 575. The predicted molar refractivity (Wildman–Crippen MR) is 88.3 cm³/mol. The van der Waals surface area contributed by atoms with Crippen LogP contribution in [0.5, 0.6) is 0 Å². The Hall–Kier alpha value is -0.900. The third-order valence-corrected chi connectivity index (χ3v) is 5.63. The van der Waals surface area contributed by atoms with Crippen LogP contribution in [-0.2, 0) is 13.1 Å². The van der Waals surface area contributed by atoms with Gasteiger partial charge in [-0.25, -0.2) is 0 Å². The van der Waals surface area contributed by atoms with Crippen molar-refractivity contribution < 1.29 is 0 Å². The molecule has 1 aliphatic heterocycles. The standard InChI is InChI=1S/C17H24N2S/c1-13-7-5-6-10-19(13)12-15-14-8-3-4-9-16(14)20-17(15)11-18-2/h3-4,8-9,13,18H,5-7,10-12H2,1-2H3. The minimum Gasteiger partial charge on any atom is -0.315 e. The molecule has 0 spiro atoms. The van der Waals surface area contributed by atoms with Gasteiger partial charge in [0.2, 0.25) is 0 Å². The summed E-state index contributed by atoms with van der Waals surface area (Å²) in [6.07, 6.45) is 4.10. The molecule has 0 amide bonds. The molecule has 1 fully saturated rings. The number of likely N-dealkylation sites (tertiary alicyclic amines) is 1. The fraction of sp³-hybridized carbons (Fsp3) is 0.529. The van der Waals surface area contributed by atoms with Crippen molar-refractivity contribution in [3.05, 3.63) is 34.7 Å². The zero-order valence-corrected chi connectivity index (χ0v) is 13.3. The van der Waals surface area contributed by atoms with Gasteiger partial charge in [0.25, 0.3) is 0 Å². The first-order valence-electron chi connectivity index (χ1n) is 7.67. The molecule has 1 aliphatic rings. The molecule has 2 aromatic rings. The zero-order valence-electron chi connectivity index (χ0n) is 12.5. The molecule has 20 heavy (non-hydrogen) atoms. The summed E-state index contributed by atoms with van der Waals surface area (Å²) < 4.78 is 1.43. The van der Waals surface area contributed by atoms with E-state index in [9.17, 15) is 0 Å². The summed E-state index contributed by atoms with van der Waals surface area (Å²) in [4.78, 5) is 4.17. The van der Waals surface area contributed by atoms with Crippen molar-refractivity contribution in [3.8, 4) is 0 Å². The predicted octanol–water partition coefficient (Wildman–Crippen LogP) is 4.00. The Balaban J connectivity index is 1.93. The molecule has 1 saturated heterocycles. The fourth-order valence-electron chi connectivity index (χ4n) is 3.22. The van der Waals surface area contributed by atoms with E-state index in [2.05, 4.69) is 41.4 Å². The molecule has 0 radical (unpaired) electrons. The van der Waals surface area contributed by atoms with Gasteiger partial charge in [-0.1, -0.05) is 24.6 Å². The van der Waals surface area contributed by atoms with Crippen LogP contribution in [0.3, 0.4) is 0 Å². The molecule has 1 N–H and O–H groups in total. The van der Waals surface area contributed by atoms with Crippen LogP contribution in [0.15, 0.2) is 24.3 Å². The highest BCUT2D eigenvalue weighted by molar-refractivity contribution is 7.19. The minimum atomic E-state index is 0.727. The molecule has 1 aromatic carbocycles. The van der Waals surface area contributed by atoms with Crippen LogP contribution in [-0.4, -0.2) is 24.5 Å². The van der Waals surface area contributed by atoms with Crippen molar-refractivity contribution in [2.45, 2.75) is 45.3 Å². The van der Waals surface area contributed by atoms with Crippen LogP contribution in [0.4, 0.5) is 0 Å². The molecule has 108 valence electrons. The van der Waals surface area contributed by atoms with Crippen LogP contribution in [0.2, 0.25) is 0 Å². The Morgan fingerprint density at radius 2 is 2.15 bits per heavy atom. The first kappa shape index (κ1) is 14.1. The van der Waals surface area contributed by atoms with Gasteiger partial charge in [0.15, 0.2) is 0 Å². The number of fused-ring (bicyclic) bond motifs is 1. The van der Waals surface area contributed by atoms with E-state index < -0.39 is 0 Å². The normalized spacial score (nSPS) is 20.6. The molecular formula is C17H24N2S. The Labute approximate surface area is 125 Å². The summed E-state index contributed by atoms with van der Waals surface area (Å²) in [7, 11) is 2.04. The van der Waals surface area contributed by atoms with E-state index in [1.165, 1.54) is 40.8 Å². The van der Waals surface area contributed by atoms with Crippen molar-refractivity contribution in [1.29, 1.82) is 0 Å². The fourth-order valence-corrected chi connectivity index (χ4v) is 4.45. The molecule has 1 unspecified atom stereocenters. The summed E-state index contributed by atoms with van der Waals surface area (Å²) in [5, 5.41) is 4.78. The first-order valence-corrected chi connectivity index (χ1v) is 8.49. The second-order valence-corrected chi connectivity index (χ2v) is 6.98. The van der Waals surface area contributed by atoms with Crippen LogP contribution >= 0.6 is 11.3 Å². The maximum Gasteiger partial charge on any atom is 0.0349 e. The zero-order chi connectivity index (χ0) is 13.9. The van der Waals surface area contributed by atoms with Gasteiger partial charge in [-0.05, 0) is 50.4 Å². The largest absolute Gasteiger partial charge is 0.315 e. The smallest absolute Gasteiger partial charge is 0.0349 e. The lowest BCUT2D eigenvalue weighted by Gasteiger charge is -2.33. The van der Waals surface area contributed by atoms with Crippen LogP contribution < -0.4 is 5.32 Å². The van der Waals surface area contributed by atoms with E-state index in [-0.39, 0.29) is 0 Å². The summed E-state index contributed by atoms with van der Waals surface area (Å²) >= 11 is 1.95. The highest BCUT2D eigenvalue weighted by Gasteiger charge is 2.21. The first-order chi connectivity index (χ1) is 9.79. The highest BCUT2D eigenvalue weighted by atomic mass is 32.1. The molecule has 3 heteroatoms. The molecule has 0 bridgehead atoms. The van der Waals surface area contributed by atoms with E-state index >= 15 is 0 Å². The lowest BCUT2D eigenvalue weighted by atomic mass is 10.0. The van der Waals surface area contributed by atoms with E-state index in [4.69, 9.17) is 0 Å². The second kappa shape index (κ2) is 6.25. The van der Waals surface area contributed by atoms with Gasteiger partial charge in [0.1, 0.15) is 0 Å². The monoisotopic (exact) mass is 288 g/mol. The lowest BCUT2D eigenvalue weighted by Crippen LogP contribution is -2.36. The van der Waals surface area contributed by atoms with Crippen LogP contribution in [0, 0.1) is 0 Å². The van der Waals surface area contributed by atoms with Gasteiger partial charge >= 0.3 is 0 Å². The van der Waals surface area contributed by atoms with Crippen molar-refractivity contribution in [1.82, 2.24) is 10.2 Å². The van der Waals surface area contributed by atoms with Crippen molar-refractivity contribution in [3.63, 3.8) is 0 Å². The van der Waals surface area contributed by atoms with Gasteiger partial charge in [0, 0.05) is 28.7 Å². The van der Waals surface area contributed by atoms with Crippen molar-refractivity contribution >= 4 is 21.4 Å². The summed E-state index contributed by atoms with van der Waals surface area (Å²) in [5.41, 5.74) is 1.55. The number of hydrogen-bond acceptors (Lipinski definition) is 3. The number of hydrogen-bond donors (Lipinski definition) is 1. The second-order valence-electron chi connectivity index (χ2n) is 5.85. The Morgan fingerprint density at radius 3 is 2.95 bits per heavy atom. The summed E-state index contributed by atoms with van der Waals surface area (Å²) in [6.45, 7) is 5.73. The summed E-state index contributed by atoms with van der Waals surface area (Å²) in [5.74, 6) is 0. The number of piperidine rings is 1. The maximum absolute atomic E-state index is 3.33. The van der Waals surface area contributed by atoms with Gasteiger partial charge in [-0.15, -0.1) is 11.3 Å².